The highest BCUT2D eigenvalue weighted by molar-refractivity contribution is 9.10. The lowest BCUT2D eigenvalue weighted by atomic mass is 10.2. The molecule has 0 spiro atoms. The molecule has 0 bridgehead atoms. The predicted molar refractivity (Wildman–Crippen MR) is 76.4 cm³/mol. The van der Waals surface area contributed by atoms with E-state index in [2.05, 4.69) is 44.3 Å². The third-order valence-electron chi connectivity index (χ3n) is 2.32. The molecule has 2 rings (SSSR count). The van der Waals surface area contributed by atoms with Gasteiger partial charge in [0.2, 0.25) is 0 Å². The Bertz CT molecular complexity index is 501. The summed E-state index contributed by atoms with van der Waals surface area (Å²) in [6, 6.07) is 6.07. The van der Waals surface area contributed by atoms with Crippen LogP contribution in [0.5, 0.6) is 0 Å². The minimum atomic E-state index is 0.590. The van der Waals surface area contributed by atoms with Crippen molar-refractivity contribution in [3.63, 3.8) is 0 Å². The number of hydrogen-bond donors (Lipinski definition) is 0. The Labute approximate surface area is 118 Å². The first-order chi connectivity index (χ1) is 8.15. The third-order valence-corrected chi connectivity index (χ3v) is 4.35. The zero-order valence-corrected chi connectivity index (χ0v) is 12.5. The van der Waals surface area contributed by atoms with Crippen molar-refractivity contribution in [1.82, 2.24) is 9.88 Å². The maximum Gasteiger partial charge on any atom is 0.133 e. The fraction of sp³-hybridized carbons (Fsp3) is 0.250. The fourth-order valence-electron chi connectivity index (χ4n) is 1.59. The second-order valence-corrected chi connectivity index (χ2v) is 6.13. The molecule has 0 aliphatic heterocycles. The van der Waals surface area contributed by atoms with E-state index >= 15 is 0 Å². The van der Waals surface area contributed by atoms with E-state index in [4.69, 9.17) is 11.6 Å². The van der Waals surface area contributed by atoms with Gasteiger partial charge in [0, 0.05) is 39.6 Å². The smallest absolute Gasteiger partial charge is 0.133 e. The molecule has 0 radical (unpaired) electrons. The number of thiophene rings is 1. The minimum Gasteiger partial charge on any atom is -0.297 e. The van der Waals surface area contributed by atoms with Crippen LogP contribution >= 0.6 is 38.9 Å². The first kappa shape index (κ1) is 13.0. The molecule has 0 unspecified atom stereocenters. The molecular formula is C12H12BrClN2S. The van der Waals surface area contributed by atoms with E-state index in [1.165, 1.54) is 4.88 Å². The van der Waals surface area contributed by atoms with E-state index in [0.29, 0.717) is 5.15 Å². The summed E-state index contributed by atoms with van der Waals surface area (Å²) in [5.74, 6) is 0. The van der Waals surface area contributed by atoms with E-state index < -0.39 is 0 Å². The zero-order valence-electron chi connectivity index (χ0n) is 9.36. The van der Waals surface area contributed by atoms with Crippen LogP contribution in [0.15, 0.2) is 34.2 Å². The maximum atomic E-state index is 6.03. The van der Waals surface area contributed by atoms with Crippen LogP contribution in [0.25, 0.3) is 0 Å². The summed E-state index contributed by atoms with van der Waals surface area (Å²) in [5, 5.41) is 2.69. The third kappa shape index (κ3) is 3.78. The Balaban J connectivity index is 1.98. The van der Waals surface area contributed by atoms with Crippen LogP contribution in [0.2, 0.25) is 5.15 Å². The average molecular weight is 332 g/mol. The van der Waals surface area contributed by atoms with Gasteiger partial charge in [-0.15, -0.1) is 11.3 Å². The van der Waals surface area contributed by atoms with Crippen molar-refractivity contribution in [2.75, 3.05) is 7.05 Å². The molecule has 2 aromatic rings. The number of rotatable bonds is 4. The standard InChI is InChI=1S/C12H12BrClN2S/c1-16(7-11-5-10(13)8-17-11)6-9-3-2-4-15-12(9)14/h2-5,8H,6-7H2,1H3. The van der Waals surface area contributed by atoms with Gasteiger partial charge in [0.05, 0.1) is 0 Å². The Kier molecular flexibility index (Phi) is 4.56. The van der Waals surface area contributed by atoms with Crippen molar-refractivity contribution < 1.29 is 0 Å². The fourth-order valence-corrected chi connectivity index (χ4v) is 3.30. The summed E-state index contributed by atoms with van der Waals surface area (Å²) in [4.78, 5) is 7.63. The molecule has 2 heterocycles. The predicted octanol–water partition coefficient (Wildman–Crippen LogP) is 4.19. The first-order valence-electron chi connectivity index (χ1n) is 5.16. The van der Waals surface area contributed by atoms with E-state index in [1.807, 2.05) is 12.1 Å². The molecule has 0 atom stereocenters. The molecule has 5 heteroatoms. The van der Waals surface area contributed by atoms with Crippen LogP contribution in [-0.2, 0) is 13.1 Å². The lowest BCUT2D eigenvalue weighted by Crippen LogP contribution is -2.16. The van der Waals surface area contributed by atoms with Crippen molar-refractivity contribution in [1.29, 1.82) is 0 Å². The molecule has 17 heavy (non-hydrogen) atoms. The van der Waals surface area contributed by atoms with Crippen molar-refractivity contribution in [3.8, 4) is 0 Å². The van der Waals surface area contributed by atoms with Crippen molar-refractivity contribution in [3.05, 3.63) is 49.8 Å². The molecule has 0 aliphatic rings. The molecule has 0 saturated heterocycles. The summed E-state index contributed by atoms with van der Waals surface area (Å²) < 4.78 is 1.14. The normalized spacial score (nSPS) is 11.1. The quantitative estimate of drug-likeness (QED) is 0.781. The van der Waals surface area contributed by atoms with Crippen LogP contribution in [0, 0.1) is 0 Å². The van der Waals surface area contributed by atoms with Gasteiger partial charge in [-0.1, -0.05) is 17.7 Å². The van der Waals surface area contributed by atoms with Crippen LogP contribution < -0.4 is 0 Å². The lowest BCUT2D eigenvalue weighted by molar-refractivity contribution is 0.321. The second kappa shape index (κ2) is 5.96. The highest BCUT2D eigenvalue weighted by Crippen LogP contribution is 2.22. The van der Waals surface area contributed by atoms with Gasteiger partial charge in [-0.05, 0) is 35.1 Å². The van der Waals surface area contributed by atoms with E-state index in [1.54, 1.807) is 17.5 Å². The maximum absolute atomic E-state index is 6.03. The molecule has 0 N–H and O–H groups in total. The summed E-state index contributed by atoms with van der Waals surface area (Å²) in [7, 11) is 2.08. The van der Waals surface area contributed by atoms with Gasteiger partial charge in [0.1, 0.15) is 5.15 Å². The van der Waals surface area contributed by atoms with E-state index in [9.17, 15) is 0 Å². The van der Waals surface area contributed by atoms with Gasteiger partial charge in [-0.2, -0.15) is 0 Å². The molecule has 0 saturated carbocycles. The molecule has 0 amide bonds. The highest BCUT2D eigenvalue weighted by Gasteiger charge is 2.06. The summed E-state index contributed by atoms with van der Waals surface area (Å²) in [5.41, 5.74) is 1.06. The number of halogens is 2. The first-order valence-corrected chi connectivity index (χ1v) is 7.21. The van der Waals surface area contributed by atoms with Crippen LogP contribution in [0.3, 0.4) is 0 Å². The summed E-state index contributed by atoms with van der Waals surface area (Å²) in [6.45, 7) is 1.73. The van der Waals surface area contributed by atoms with Crippen molar-refractivity contribution in [2.45, 2.75) is 13.1 Å². The SMILES string of the molecule is CN(Cc1cc(Br)cs1)Cc1cccnc1Cl. The van der Waals surface area contributed by atoms with Gasteiger partial charge in [0.25, 0.3) is 0 Å². The van der Waals surface area contributed by atoms with Crippen molar-refractivity contribution >= 4 is 38.9 Å². The lowest BCUT2D eigenvalue weighted by Gasteiger charge is -2.15. The summed E-state index contributed by atoms with van der Waals surface area (Å²) in [6.07, 6.45) is 1.71. The van der Waals surface area contributed by atoms with E-state index in [0.717, 1.165) is 23.1 Å². The molecular weight excluding hydrogens is 320 g/mol. The molecule has 0 fully saturated rings. The number of pyridine rings is 1. The minimum absolute atomic E-state index is 0.590. The Morgan fingerprint density at radius 2 is 2.29 bits per heavy atom. The Morgan fingerprint density at radius 1 is 1.47 bits per heavy atom. The monoisotopic (exact) mass is 330 g/mol. The number of aromatic nitrogens is 1. The highest BCUT2D eigenvalue weighted by atomic mass is 79.9. The Morgan fingerprint density at radius 3 is 2.94 bits per heavy atom. The molecule has 0 aromatic carbocycles. The van der Waals surface area contributed by atoms with Gasteiger partial charge in [0.15, 0.2) is 0 Å². The van der Waals surface area contributed by atoms with Gasteiger partial charge in [-0.3, -0.25) is 4.90 Å². The van der Waals surface area contributed by atoms with E-state index in [-0.39, 0.29) is 0 Å². The van der Waals surface area contributed by atoms with Gasteiger partial charge < -0.3 is 0 Å². The molecule has 2 nitrogen and oxygen atoms in total. The largest absolute Gasteiger partial charge is 0.297 e. The molecule has 90 valence electrons. The van der Waals surface area contributed by atoms with Crippen LogP contribution in [0.4, 0.5) is 0 Å². The number of hydrogen-bond acceptors (Lipinski definition) is 3. The summed E-state index contributed by atoms with van der Waals surface area (Å²) >= 11 is 11.2. The van der Waals surface area contributed by atoms with Gasteiger partial charge in [-0.25, -0.2) is 4.98 Å². The van der Waals surface area contributed by atoms with Crippen LogP contribution in [0.1, 0.15) is 10.4 Å². The zero-order chi connectivity index (χ0) is 12.3. The average Bonchev–Trinajstić information content (AvgIpc) is 2.67. The number of nitrogens with zero attached hydrogens (tertiary/aromatic N) is 2. The van der Waals surface area contributed by atoms with Crippen molar-refractivity contribution in [2.24, 2.45) is 0 Å². The van der Waals surface area contributed by atoms with Crippen LogP contribution in [-0.4, -0.2) is 16.9 Å². The topological polar surface area (TPSA) is 16.1 Å². The van der Waals surface area contributed by atoms with Gasteiger partial charge >= 0.3 is 0 Å². The molecule has 0 aliphatic carbocycles. The molecule has 2 aromatic heterocycles. The Hall–Kier alpha value is -0.420. The second-order valence-electron chi connectivity index (χ2n) is 3.86.